The number of nitrogens with zero attached hydrogens (tertiary/aromatic N) is 2. The number of carbonyl (C=O) groups excluding carboxylic acids is 1. The molecule has 2 heterocycles. The summed E-state index contributed by atoms with van der Waals surface area (Å²) in [5, 5.41) is 0. The number of amides is 1. The molecule has 4 nitrogen and oxygen atoms in total. The Morgan fingerprint density at radius 3 is 2.78 bits per heavy atom. The second-order valence-corrected chi connectivity index (χ2v) is 5.48. The minimum absolute atomic E-state index is 0.156. The fraction of sp³-hybridized carbons (Fsp3) is 0.500. The van der Waals surface area contributed by atoms with E-state index in [2.05, 4.69) is 11.9 Å². The van der Waals surface area contributed by atoms with Gasteiger partial charge in [0, 0.05) is 24.6 Å². The summed E-state index contributed by atoms with van der Waals surface area (Å²) in [6, 6.07) is 9.78. The van der Waals surface area contributed by atoms with E-state index in [-0.39, 0.29) is 11.8 Å². The van der Waals surface area contributed by atoms with Gasteiger partial charge in [-0.15, -0.1) is 0 Å². The van der Waals surface area contributed by atoms with Crippen LogP contribution in [0.5, 0.6) is 0 Å². The van der Waals surface area contributed by atoms with Gasteiger partial charge in [0.25, 0.3) is 0 Å². The van der Waals surface area contributed by atoms with Gasteiger partial charge in [0.2, 0.25) is 5.91 Å². The van der Waals surface area contributed by atoms with Gasteiger partial charge in [-0.2, -0.15) is 0 Å². The van der Waals surface area contributed by atoms with Crippen LogP contribution in [-0.2, 0) is 4.79 Å². The van der Waals surface area contributed by atoms with Gasteiger partial charge in [-0.05, 0) is 32.1 Å². The number of benzene rings is 1. The molecule has 0 radical (unpaired) electrons. The number of hydrogen-bond donors (Lipinski definition) is 1. The fourth-order valence-corrected chi connectivity index (χ4v) is 3.29. The monoisotopic (exact) mass is 245 g/mol. The van der Waals surface area contributed by atoms with Crippen LogP contribution in [0.2, 0.25) is 0 Å². The van der Waals surface area contributed by atoms with Gasteiger partial charge < -0.3 is 10.6 Å². The Bertz CT molecular complexity index is 461. The van der Waals surface area contributed by atoms with Crippen molar-refractivity contribution in [3.63, 3.8) is 0 Å². The van der Waals surface area contributed by atoms with Crippen LogP contribution in [0.1, 0.15) is 12.8 Å². The van der Waals surface area contributed by atoms with Crippen LogP contribution in [0.3, 0.4) is 0 Å². The highest BCUT2D eigenvalue weighted by Gasteiger charge is 2.52. The Labute approximate surface area is 107 Å². The van der Waals surface area contributed by atoms with E-state index in [0.29, 0.717) is 6.42 Å². The molecule has 2 fully saturated rings. The van der Waals surface area contributed by atoms with Crippen molar-refractivity contribution in [1.82, 2.24) is 4.90 Å². The maximum Gasteiger partial charge on any atom is 0.228 e. The normalized spacial score (nSPS) is 32.7. The zero-order chi connectivity index (χ0) is 12.8. The van der Waals surface area contributed by atoms with E-state index in [0.717, 1.165) is 25.2 Å². The molecule has 0 spiro atoms. The van der Waals surface area contributed by atoms with Crippen molar-refractivity contribution in [1.29, 1.82) is 0 Å². The van der Waals surface area contributed by atoms with Crippen molar-refractivity contribution in [2.45, 2.75) is 18.5 Å². The molecule has 18 heavy (non-hydrogen) atoms. The Morgan fingerprint density at radius 2 is 2.06 bits per heavy atom. The molecule has 2 saturated heterocycles. The molecule has 3 rings (SSSR count). The summed E-state index contributed by atoms with van der Waals surface area (Å²) in [5.41, 5.74) is 6.97. The number of likely N-dealkylation sites (N-methyl/N-ethyl adjacent to an activating group) is 1. The molecule has 0 aliphatic carbocycles. The zero-order valence-electron chi connectivity index (χ0n) is 10.7. The molecule has 2 aliphatic rings. The molecular weight excluding hydrogens is 226 g/mol. The third-order valence-electron chi connectivity index (χ3n) is 4.19. The van der Waals surface area contributed by atoms with Crippen molar-refractivity contribution in [3.05, 3.63) is 30.3 Å². The van der Waals surface area contributed by atoms with E-state index in [1.165, 1.54) is 0 Å². The first-order chi connectivity index (χ1) is 8.61. The second-order valence-electron chi connectivity index (χ2n) is 5.48. The van der Waals surface area contributed by atoms with Crippen molar-refractivity contribution >= 4 is 11.6 Å². The van der Waals surface area contributed by atoms with Crippen molar-refractivity contribution in [2.24, 2.45) is 11.7 Å². The molecule has 96 valence electrons. The molecule has 2 atom stereocenters. The Balaban J connectivity index is 2.00. The standard InChI is InChI=1S/C14H19N3O/c1-16-8-7-11-9-13(18)17(14(11,15)10-16)12-5-3-2-4-6-12/h2-6,11H,7-10,15H2,1H3/t11-,14-/m1/s1. The van der Waals surface area contributed by atoms with Crippen LogP contribution in [0.4, 0.5) is 5.69 Å². The third kappa shape index (κ3) is 1.64. The number of nitrogens with two attached hydrogens (primary N) is 1. The second kappa shape index (κ2) is 4.07. The molecule has 2 aliphatic heterocycles. The molecule has 0 unspecified atom stereocenters. The molecule has 0 bridgehead atoms. The van der Waals surface area contributed by atoms with Crippen molar-refractivity contribution in [3.8, 4) is 0 Å². The molecular formula is C14H19N3O. The summed E-state index contributed by atoms with van der Waals surface area (Å²) in [6.07, 6.45) is 1.58. The number of likely N-dealkylation sites (tertiary alicyclic amines) is 1. The number of carbonyl (C=O) groups is 1. The lowest BCUT2D eigenvalue weighted by Gasteiger charge is -2.45. The molecule has 4 heteroatoms. The molecule has 0 saturated carbocycles. The highest BCUT2D eigenvalue weighted by molar-refractivity contribution is 5.97. The average molecular weight is 245 g/mol. The topological polar surface area (TPSA) is 49.6 Å². The fourth-order valence-electron chi connectivity index (χ4n) is 3.29. The average Bonchev–Trinajstić information content (AvgIpc) is 2.60. The Kier molecular flexibility index (Phi) is 2.64. The molecule has 1 aromatic carbocycles. The minimum Gasteiger partial charge on any atom is -0.307 e. The number of para-hydroxylation sites is 1. The van der Waals surface area contributed by atoms with Crippen LogP contribution in [-0.4, -0.2) is 36.6 Å². The summed E-state index contributed by atoms with van der Waals surface area (Å²) in [6.45, 7) is 1.78. The summed E-state index contributed by atoms with van der Waals surface area (Å²) >= 11 is 0. The molecule has 1 amide bonds. The zero-order valence-corrected chi connectivity index (χ0v) is 10.7. The number of fused-ring (bicyclic) bond motifs is 1. The summed E-state index contributed by atoms with van der Waals surface area (Å²) in [7, 11) is 2.07. The van der Waals surface area contributed by atoms with E-state index in [9.17, 15) is 4.79 Å². The van der Waals surface area contributed by atoms with Gasteiger partial charge in [-0.3, -0.25) is 9.69 Å². The number of rotatable bonds is 1. The van der Waals surface area contributed by atoms with E-state index < -0.39 is 5.66 Å². The Morgan fingerprint density at radius 1 is 1.33 bits per heavy atom. The largest absolute Gasteiger partial charge is 0.307 e. The maximum absolute atomic E-state index is 12.3. The van der Waals surface area contributed by atoms with Crippen LogP contribution < -0.4 is 10.6 Å². The van der Waals surface area contributed by atoms with Gasteiger partial charge in [0.1, 0.15) is 5.66 Å². The predicted molar refractivity (Wildman–Crippen MR) is 71.1 cm³/mol. The predicted octanol–water partition coefficient (Wildman–Crippen LogP) is 1.03. The highest BCUT2D eigenvalue weighted by atomic mass is 16.2. The lowest BCUT2D eigenvalue weighted by atomic mass is 9.86. The summed E-state index contributed by atoms with van der Waals surface area (Å²) in [4.78, 5) is 16.3. The van der Waals surface area contributed by atoms with Gasteiger partial charge in [0.15, 0.2) is 0 Å². The van der Waals surface area contributed by atoms with Gasteiger partial charge in [-0.1, -0.05) is 18.2 Å². The third-order valence-corrected chi connectivity index (χ3v) is 4.19. The van der Waals surface area contributed by atoms with Crippen LogP contribution in [0.15, 0.2) is 30.3 Å². The first-order valence-corrected chi connectivity index (χ1v) is 6.47. The summed E-state index contributed by atoms with van der Waals surface area (Å²) < 4.78 is 0. The Hall–Kier alpha value is -1.39. The lowest BCUT2D eigenvalue weighted by Crippen LogP contribution is -2.65. The van der Waals surface area contributed by atoms with E-state index in [1.807, 2.05) is 35.2 Å². The highest BCUT2D eigenvalue weighted by Crippen LogP contribution is 2.40. The minimum atomic E-state index is -0.536. The van der Waals surface area contributed by atoms with Crippen molar-refractivity contribution < 1.29 is 4.79 Å². The van der Waals surface area contributed by atoms with Crippen molar-refractivity contribution in [2.75, 3.05) is 25.0 Å². The van der Waals surface area contributed by atoms with E-state index >= 15 is 0 Å². The van der Waals surface area contributed by atoms with E-state index in [1.54, 1.807) is 0 Å². The number of anilines is 1. The van der Waals surface area contributed by atoms with Crippen LogP contribution >= 0.6 is 0 Å². The maximum atomic E-state index is 12.3. The smallest absolute Gasteiger partial charge is 0.228 e. The molecule has 1 aromatic rings. The lowest BCUT2D eigenvalue weighted by molar-refractivity contribution is -0.117. The summed E-state index contributed by atoms with van der Waals surface area (Å²) in [5.74, 6) is 0.436. The van der Waals surface area contributed by atoms with Crippen LogP contribution in [0, 0.1) is 5.92 Å². The molecule has 2 N–H and O–H groups in total. The first-order valence-electron chi connectivity index (χ1n) is 6.47. The van der Waals surface area contributed by atoms with Gasteiger partial charge in [0.05, 0.1) is 0 Å². The van der Waals surface area contributed by atoms with Gasteiger partial charge >= 0.3 is 0 Å². The molecule has 0 aromatic heterocycles. The van der Waals surface area contributed by atoms with Gasteiger partial charge in [-0.25, -0.2) is 0 Å². The van der Waals surface area contributed by atoms with E-state index in [4.69, 9.17) is 5.73 Å². The quantitative estimate of drug-likeness (QED) is 0.804. The number of hydrogen-bond acceptors (Lipinski definition) is 3. The number of piperidine rings is 1. The SMILES string of the molecule is CN1CC[C@@H]2CC(=O)N(c3ccccc3)[C@]2(N)C1. The first kappa shape index (κ1) is 11.7. The van der Waals surface area contributed by atoms with Crippen LogP contribution in [0.25, 0.3) is 0 Å².